The number of benzene rings is 1. The number of unbranched alkanes of at least 4 members (excludes halogenated alkanes) is 8. The van der Waals surface area contributed by atoms with Gasteiger partial charge >= 0.3 is 0 Å². The van der Waals surface area contributed by atoms with E-state index in [0.29, 0.717) is 0 Å². The average Bonchev–Trinajstić information content (AvgIpc) is 2.83. The fourth-order valence-electron chi connectivity index (χ4n) is 3.94. The van der Waals surface area contributed by atoms with Crippen LogP contribution in [0.3, 0.4) is 0 Å². The summed E-state index contributed by atoms with van der Waals surface area (Å²) in [6.07, 6.45) is 24.3. The first kappa shape index (κ1) is 30.2. The third kappa shape index (κ3) is 15.9. The summed E-state index contributed by atoms with van der Waals surface area (Å²) in [7, 11) is 0. The van der Waals surface area contributed by atoms with Crippen LogP contribution in [0.5, 0.6) is 5.75 Å². The minimum atomic E-state index is 0.0173. The van der Waals surface area contributed by atoms with Gasteiger partial charge in [0, 0.05) is 5.41 Å². The van der Waals surface area contributed by atoms with Gasteiger partial charge in [-0.2, -0.15) is 0 Å². The van der Waals surface area contributed by atoms with Crippen LogP contribution >= 0.6 is 0 Å². The molecule has 1 N–H and O–H groups in total. The van der Waals surface area contributed by atoms with E-state index in [2.05, 4.69) is 88.2 Å². The van der Waals surface area contributed by atoms with E-state index in [1.165, 1.54) is 68.9 Å². The van der Waals surface area contributed by atoms with Crippen molar-refractivity contribution >= 4 is 6.08 Å². The van der Waals surface area contributed by atoms with Crippen LogP contribution in [0.2, 0.25) is 0 Å². The van der Waals surface area contributed by atoms with Gasteiger partial charge in [-0.25, -0.2) is 0 Å². The minimum absolute atomic E-state index is 0.0173. The Labute approximate surface area is 212 Å². The number of hydrogen-bond donors (Lipinski definition) is 1. The number of rotatable bonds is 21. The molecule has 2 heteroatoms. The first-order chi connectivity index (χ1) is 16.5. The third-order valence-corrected chi connectivity index (χ3v) is 6.46. The highest BCUT2D eigenvalue weighted by molar-refractivity contribution is 5.52. The third-order valence-electron chi connectivity index (χ3n) is 6.46. The van der Waals surface area contributed by atoms with Gasteiger partial charge in [0.2, 0.25) is 0 Å². The van der Waals surface area contributed by atoms with E-state index in [9.17, 15) is 0 Å². The highest BCUT2D eigenvalue weighted by Crippen LogP contribution is 2.28. The molecule has 192 valence electrons. The first-order valence-electron chi connectivity index (χ1n) is 13.9. The number of ether oxygens (including phenoxy) is 1. The Morgan fingerprint density at radius 3 is 2.15 bits per heavy atom. The van der Waals surface area contributed by atoms with E-state index in [4.69, 9.17) is 4.74 Å². The monoisotopic (exact) mass is 467 g/mol. The lowest BCUT2D eigenvalue weighted by Gasteiger charge is -2.20. The minimum Gasteiger partial charge on any atom is -0.494 e. The SMILES string of the molecule is C=C[C@@](C)(/C=C/c1ccc(OCCCCNCCCCCCCCCC)cc1)CCC=C(C)C. The summed E-state index contributed by atoms with van der Waals surface area (Å²) in [6.45, 7) is 15.9. The van der Waals surface area contributed by atoms with Gasteiger partial charge in [0.1, 0.15) is 5.75 Å². The van der Waals surface area contributed by atoms with Gasteiger partial charge in [-0.05, 0) is 76.7 Å². The van der Waals surface area contributed by atoms with Crippen molar-refractivity contribution in [2.45, 2.75) is 105 Å². The average molecular weight is 468 g/mol. The summed E-state index contributed by atoms with van der Waals surface area (Å²) >= 11 is 0. The Morgan fingerprint density at radius 2 is 1.53 bits per heavy atom. The van der Waals surface area contributed by atoms with E-state index in [1.807, 2.05) is 0 Å². The molecule has 0 amide bonds. The maximum absolute atomic E-state index is 5.93. The van der Waals surface area contributed by atoms with E-state index < -0.39 is 0 Å². The molecule has 1 aromatic rings. The van der Waals surface area contributed by atoms with Gasteiger partial charge in [-0.15, -0.1) is 6.58 Å². The van der Waals surface area contributed by atoms with Gasteiger partial charge in [-0.3, -0.25) is 0 Å². The molecule has 0 fully saturated rings. The quantitative estimate of drug-likeness (QED) is 0.143. The van der Waals surface area contributed by atoms with Crippen LogP contribution in [0.4, 0.5) is 0 Å². The highest BCUT2D eigenvalue weighted by atomic mass is 16.5. The normalized spacial score (nSPS) is 13.1. The van der Waals surface area contributed by atoms with Crippen LogP contribution in [0.25, 0.3) is 6.08 Å². The lowest BCUT2D eigenvalue weighted by atomic mass is 9.84. The van der Waals surface area contributed by atoms with Crippen LogP contribution in [0, 0.1) is 5.41 Å². The van der Waals surface area contributed by atoms with Crippen molar-refractivity contribution in [3.63, 3.8) is 0 Å². The van der Waals surface area contributed by atoms with Gasteiger partial charge in [0.05, 0.1) is 6.61 Å². The molecule has 0 saturated carbocycles. The molecule has 0 aromatic heterocycles. The van der Waals surface area contributed by atoms with Crippen molar-refractivity contribution in [2.24, 2.45) is 5.41 Å². The first-order valence-corrected chi connectivity index (χ1v) is 13.9. The van der Waals surface area contributed by atoms with Crippen molar-refractivity contribution in [1.82, 2.24) is 5.32 Å². The lowest BCUT2D eigenvalue weighted by molar-refractivity contribution is 0.305. The Kier molecular flexibility index (Phi) is 17.3. The summed E-state index contributed by atoms with van der Waals surface area (Å²) < 4.78 is 5.93. The number of hydrogen-bond acceptors (Lipinski definition) is 2. The molecule has 0 radical (unpaired) electrons. The van der Waals surface area contributed by atoms with E-state index >= 15 is 0 Å². The van der Waals surface area contributed by atoms with Crippen LogP contribution in [-0.4, -0.2) is 19.7 Å². The van der Waals surface area contributed by atoms with Crippen molar-refractivity contribution in [2.75, 3.05) is 19.7 Å². The van der Waals surface area contributed by atoms with E-state index in [1.54, 1.807) is 0 Å². The Morgan fingerprint density at radius 1 is 0.912 bits per heavy atom. The molecule has 0 aliphatic carbocycles. The molecule has 0 heterocycles. The summed E-state index contributed by atoms with van der Waals surface area (Å²) in [5.41, 5.74) is 2.59. The molecule has 0 saturated heterocycles. The molecule has 1 aromatic carbocycles. The molecular weight excluding hydrogens is 414 g/mol. The molecule has 2 nitrogen and oxygen atoms in total. The van der Waals surface area contributed by atoms with Crippen molar-refractivity contribution in [1.29, 1.82) is 0 Å². The van der Waals surface area contributed by atoms with Crippen molar-refractivity contribution < 1.29 is 4.74 Å². The predicted molar refractivity (Wildman–Crippen MR) is 153 cm³/mol. The standard InChI is InChI=1S/C32H53NO/c1-6-8-9-10-11-12-13-14-26-33-27-15-16-28-34-31-21-19-30(20-22-31)23-25-32(5,7-2)24-17-18-29(3)4/h7,18-23,25,33H,2,6,8-17,24,26-28H2,1,3-5H3/b25-23+/t32-/m1/s1. The molecule has 0 aliphatic heterocycles. The topological polar surface area (TPSA) is 21.3 Å². The summed E-state index contributed by atoms with van der Waals surface area (Å²) in [4.78, 5) is 0. The smallest absolute Gasteiger partial charge is 0.119 e. The number of nitrogens with one attached hydrogen (secondary N) is 1. The van der Waals surface area contributed by atoms with Gasteiger partial charge in [0.15, 0.2) is 0 Å². The van der Waals surface area contributed by atoms with Crippen molar-refractivity contribution in [3.05, 3.63) is 60.2 Å². The van der Waals surface area contributed by atoms with Crippen LogP contribution in [-0.2, 0) is 0 Å². The van der Waals surface area contributed by atoms with Gasteiger partial charge < -0.3 is 10.1 Å². The molecule has 34 heavy (non-hydrogen) atoms. The molecule has 0 spiro atoms. The largest absolute Gasteiger partial charge is 0.494 e. The van der Waals surface area contributed by atoms with Crippen molar-refractivity contribution in [3.8, 4) is 5.75 Å². The van der Waals surface area contributed by atoms with E-state index in [0.717, 1.165) is 44.7 Å². The van der Waals surface area contributed by atoms with Gasteiger partial charge in [0.25, 0.3) is 0 Å². The van der Waals surface area contributed by atoms with Crippen LogP contribution < -0.4 is 10.1 Å². The summed E-state index contributed by atoms with van der Waals surface area (Å²) in [5.74, 6) is 0.957. The molecule has 1 rings (SSSR count). The second-order valence-electron chi connectivity index (χ2n) is 10.2. The molecular formula is C32H53NO. The maximum atomic E-state index is 5.93. The molecule has 0 unspecified atom stereocenters. The zero-order valence-electron chi connectivity index (χ0n) is 22.8. The summed E-state index contributed by atoms with van der Waals surface area (Å²) in [5, 5.41) is 3.58. The fraction of sp³-hybridized carbons (Fsp3) is 0.625. The lowest BCUT2D eigenvalue weighted by Crippen LogP contribution is -2.17. The zero-order valence-corrected chi connectivity index (χ0v) is 22.8. The van der Waals surface area contributed by atoms with Crippen LogP contribution in [0.15, 0.2) is 54.6 Å². The van der Waals surface area contributed by atoms with Crippen LogP contribution in [0.1, 0.15) is 110 Å². The molecule has 0 bridgehead atoms. The highest BCUT2D eigenvalue weighted by Gasteiger charge is 2.15. The second kappa shape index (κ2) is 19.5. The maximum Gasteiger partial charge on any atom is 0.119 e. The fourth-order valence-corrected chi connectivity index (χ4v) is 3.94. The molecule has 1 atom stereocenters. The predicted octanol–water partition coefficient (Wildman–Crippen LogP) is 9.53. The number of allylic oxidation sites excluding steroid dienone is 4. The zero-order chi connectivity index (χ0) is 24.9. The second-order valence-corrected chi connectivity index (χ2v) is 10.2. The molecule has 0 aliphatic rings. The van der Waals surface area contributed by atoms with E-state index in [-0.39, 0.29) is 5.41 Å². The van der Waals surface area contributed by atoms with Gasteiger partial charge in [-0.1, -0.05) is 101 Å². The Bertz CT molecular complexity index is 683. The Balaban J connectivity index is 2.13. The summed E-state index contributed by atoms with van der Waals surface area (Å²) in [6, 6.07) is 8.43. The Hall–Kier alpha value is -1.80.